The molecule has 0 aliphatic heterocycles. The highest BCUT2D eigenvalue weighted by Crippen LogP contribution is 2.24. The summed E-state index contributed by atoms with van der Waals surface area (Å²) >= 11 is 7.38. The Hall–Kier alpha value is -1.98. The van der Waals surface area contributed by atoms with E-state index in [0.717, 1.165) is 28.3 Å². The van der Waals surface area contributed by atoms with Crippen LogP contribution in [0.5, 0.6) is 0 Å². The summed E-state index contributed by atoms with van der Waals surface area (Å²) in [6, 6.07) is 15.6. The molecule has 25 heavy (non-hydrogen) atoms. The van der Waals surface area contributed by atoms with Gasteiger partial charge in [-0.2, -0.15) is 0 Å². The predicted molar refractivity (Wildman–Crippen MR) is 104 cm³/mol. The van der Waals surface area contributed by atoms with Gasteiger partial charge < -0.3 is 9.47 Å². The number of carbonyl (C=O) groups is 1. The molecule has 0 bridgehead atoms. The standard InChI is InChI=1S/C19H20ClN3OS/c1-3-23-17-7-5-4-6-16(17)21-19(23)25-13-18(24)22(2)12-14-8-10-15(20)11-9-14/h4-11H,3,12-13H2,1-2H3. The van der Waals surface area contributed by atoms with E-state index in [2.05, 4.69) is 22.5 Å². The molecule has 4 nitrogen and oxygen atoms in total. The molecule has 0 fully saturated rings. The van der Waals surface area contributed by atoms with Crippen molar-refractivity contribution in [2.24, 2.45) is 0 Å². The van der Waals surface area contributed by atoms with Crippen LogP contribution in [-0.2, 0) is 17.9 Å². The third-order valence-electron chi connectivity index (χ3n) is 4.02. The molecule has 0 saturated carbocycles. The fourth-order valence-corrected chi connectivity index (χ4v) is 3.80. The van der Waals surface area contributed by atoms with Crippen LogP contribution in [0.2, 0.25) is 5.02 Å². The van der Waals surface area contributed by atoms with Crippen molar-refractivity contribution in [3.05, 3.63) is 59.1 Å². The Bertz CT molecular complexity index is 876. The lowest BCUT2D eigenvalue weighted by atomic mass is 10.2. The maximum atomic E-state index is 12.4. The second-order valence-corrected chi connectivity index (χ2v) is 7.17. The van der Waals surface area contributed by atoms with Crippen molar-refractivity contribution in [2.45, 2.75) is 25.2 Å². The second kappa shape index (κ2) is 7.93. The Kier molecular flexibility index (Phi) is 5.66. The zero-order valence-corrected chi connectivity index (χ0v) is 15.8. The monoisotopic (exact) mass is 373 g/mol. The molecule has 0 N–H and O–H groups in total. The number of amides is 1. The molecule has 0 atom stereocenters. The van der Waals surface area contributed by atoms with Crippen LogP contribution in [0.1, 0.15) is 12.5 Å². The summed E-state index contributed by atoms with van der Waals surface area (Å²) in [5.41, 5.74) is 3.13. The SMILES string of the molecule is CCn1c(SCC(=O)N(C)Cc2ccc(Cl)cc2)nc2ccccc21. The molecule has 3 aromatic rings. The van der Waals surface area contributed by atoms with E-state index in [9.17, 15) is 4.79 Å². The minimum Gasteiger partial charge on any atom is -0.341 e. The number of halogens is 1. The number of aromatic nitrogens is 2. The Balaban J connectivity index is 1.64. The van der Waals surface area contributed by atoms with Crippen LogP contribution in [0.4, 0.5) is 0 Å². The van der Waals surface area contributed by atoms with E-state index < -0.39 is 0 Å². The molecule has 0 saturated heterocycles. The lowest BCUT2D eigenvalue weighted by molar-refractivity contribution is -0.127. The van der Waals surface area contributed by atoms with Crippen molar-refractivity contribution in [1.29, 1.82) is 0 Å². The van der Waals surface area contributed by atoms with Crippen LogP contribution >= 0.6 is 23.4 Å². The number of para-hydroxylation sites is 2. The molecule has 0 spiro atoms. The van der Waals surface area contributed by atoms with Gasteiger partial charge in [-0.25, -0.2) is 4.98 Å². The molecule has 0 aliphatic carbocycles. The van der Waals surface area contributed by atoms with Crippen LogP contribution in [0, 0.1) is 0 Å². The summed E-state index contributed by atoms with van der Waals surface area (Å²) in [6.45, 7) is 3.49. The lowest BCUT2D eigenvalue weighted by Gasteiger charge is -2.17. The number of rotatable bonds is 6. The van der Waals surface area contributed by atoms with Gasteiger partial charge in [0.15, 0.2) is 5.16 Å². The van der Waals surface area contributed by atoms with E-state index in [4.69, 9.17) is 11.6 Å². The van der Waals surface area contributed by atoms with Crippen molar-refractivity contribution < 1.29 is 4.79 Å². The van der Waals surface area contributed by atoms with Crippen molar-refractivity contribution in [3.8, 4) is 0 Å². The summed E-state index contributed by atoms with van der Waals surface area (Å²) in [6.07, 6.45) is 0. The number of thioether (sulfide) groups is 1. The number of hydrogen-bond donors (Lipinski definition) is 0. The highest BCUT2D eigenvalue weighted by Gasteiger charge is 2.14. The number of imidazole rings is 1. The van der Waals surface area contributed by atoms with Crippen LogP contribution in [0.15, 0.2) is 53.7 Å². The molecule has 1 heterocycles. The molecule has 130 valence electrons. The van der Waals surface area contributed by atoms with Crippen LogP contribution in [0.25, 0.3) is 11.0 Å². The first-order chi connectivity index (χ1) is 12.1. The summed E-state index contributed by atoms with van der Waals surface area (Å²) in [5, 5.41) is 1.59. The van der Waals surface area contributed by atoms with Gasteiger partial charge in [-0.15, -0.1) is 0 Å². The average molecular weight is 374 g/mol. The van der Waals surface area contributed by atoms with E-state index in [1.807, 2.05) is 49.5 Å². The summed E-state index contributed by atoms with van der Waals surface area (Å²) in [5.74, 6) is 0.447. The molecule has 1 aromatic heterocycles. The van der Waals surface area contributed by atoms with E-state index >= 15 is 0 Å². The molecular weight excluding hydrogens is 354 g/mol. The quantitative estimate of drug-likeness (QED) is 0.599. The third kappa shape index (κ3) is 4.17. The molecule has 0 aliphatic rings. The first kappa shape index (κ1) is 17.8. The second-order valence-electron chi connectivity index (χ2n) is 5.79. The zero-order chi connectivity index (χ0) is 17.8. The number of benzene rings is 2. The minimum atomic E-state index is 0.0784. The van der Waals surface area contributed by atoms with E-state index in [-0.39, 0.29) is 5.91 Å². The fraction of sp³-hybridized carbons (Fsp3) is 0.263. The van der Waals surface area contributed by atoms with Gasteiger partial charge in [0, 0.05) is 25.2 Å². The number of hydrogen-bond acceptors (Lipinski definition) is 3. The number of nitrogens with zero attached hydrogens (tertiary/aromatic N) is 3. The molecule has 6 heteroatoms. The number of carbonyl (C=O) groups excluding carboxylic acids is 1. The number of fused-ring (bicyclic) bond motifs is 1. The van der Waals surface area contributed by atoms with E-state index in [0.29, 0.717) is 17.3 Å². The maximum absolute atomic E-state index is 12.4. The largest absolute Gasteiger partial charge is 0.341 e. The van der Waals surface area contributed by atoms with Gasteiger partial charge in [-0.3, -0.25) is 4.79 Å². The Labute approximate surface area is 156 Å². The summed E-state index contributed by atoms with van der Waals surface area (Å²) in [4.78, 5) is 18.8. The molecule has 1 amide bonds. The number of aryl methyl sites for hydroxylation is 1. The fourth-order valence-electron chi connectivity index (χ4n) is 2.66. The summed E-state index contributed by atoms with van der Waals surface area (Å²) < 4.78 is 2.15. The van der Waals surface area contributed by atoms with Gasteiger partial charge >= 0.3 is 0 Å². The predicted octanol–water partition coefficient (Wildman–Crippen LogP) is 4.46. The van der Waals surface area contributed by atoms with E-state index in [1.165, 1.54) is 11.8 Å². The van der Waals surface area contributed by atoms with Crippen molar-refractivity contribution >= 4 is 40.3 Å². The first-order valence-corrected chi connectivity index (χ1v) is 9.51. The highest BCUT2D eigenvalue weighted by atomic mass is 35.5. The van der Waals surface area contributed by atoms with Crippen LogP contribution in [0.3, 0.4) is 0 Å². The molecule has 0 radical (unpaired) electrons. The van der Waals surface area contributed by atoms with Gasteiger partial charge in [-0.1, -0.05) is 47.6 Å². The zero-order valence-electron chi connectivity index (χ0n) is 14.3. The van der Waals surface area contributed by atoms with Gasteiger partial charge in [0.1, 0.15) is 0 Å². The van der Waals surface area contributed by atoms with Crippen molar-refractivity contribution in [2.75, 3.05) is 12.8 Å². The molecule has 0 unspecified atom stereocenters. The Morgan fingerprint density at radius 1 is 1.20 bits per heavy atom. The summed E-state index contributed by atoms with van der Waals surface area (Å²) in [7, 11) is 1.82. The lowest BCUT2D eigenvalue weighted by Crippen LogP contribution is -2.27. The van der Waals surface area contributed by atoms with Gasteiger partial charge in [-0.05, 0) is 36.8 Å². The topological polar surface area (TPSA) is 38.1 Å². The van der Waals surface area contributed by atoms with Crippen molar-refractivity contribution in [1.82, 2.24) is 14.5 Å². The van der Waals surface area contributed by atoms with Gasteiger partial charge in [0.25, 0.3) is 0 Å². The normalized spacial score (nSPS) is 11.0. The first-order valence-electron chi connectivity index (χ1n) is 8.15. The van der Waals surface area contributed by atoms with E-state index in [1.54, 1.807) is 4.90 Å². The van der Waals surface area contributed by atoms with Crippen molar-refractivity contribution in [3.63, 3.8) is 0 Å². The molecule has 3 rings (SSSR count). The van der Waals surface area contributed by atoms with Crippen LogP contribution in [-0.4, -0.2) is 33.2 Å². The highest BCUT2D eigenvalue weighted by molar-refractivity contribution is 7.99. The average Bonchev–Trinajstić information content (AvgIpc) is 2.99. The molecule has 2 aromatic carbocycles. The maximum Gasteiger partial charge on any atom is 0.233 e. The van der Waals surface area contributed by atoms with Gasteiger partial charge in [0.05, 0.1) is 16.8 Å². The molecular formula is C19H20ClN3OS. The smallest absolute Gasteiger partial charge is 0.233 e. The minimum absolute atomic E-state index is 0.0784. The third-order valence-corrected chi connectivity index (χ3v) is 5.23. The Morgan fingerprint density at radius 2 is 1.92 bits per heavy atom. The Morgan fingerprint density at radius 3 is 2.64 bits per heavy atom. The van der Waals surface area contributed by atoms with Gasteiger partial charge in [0.2, 0.25) is 5.91 Å². The van der Waals surface area contributed by atoms with Crippen LogP contribution < -0.4 is 0 Å².